The molecule has 0 saturated carbocycles. The normalized spacial score (nSPS) is 11.3. The summed E-state index contributed by atoms with van der Waals surface area (Å²) in [5.41, 5.74) is 0. The quantitative estimate of drug-likeness (QED) is 0.751. The molecule has 0 amide bonds. The molecular formula is C18H23O4P. The lowest BCUT2D eigenvalue weighted by atomic mass is 10.3. The maximum Gasteiger partial charge on any atom is 0.258 e. The van der Waals surface area contributed by atoms with Crippen molar-refractivity contribution in [1.29, 1.82) is 0 Å². The van der Waals surface area contributed by atoms with Crippen LogP contribution in [0.2, 0.25) is 0 Å². The number of ether oxygens (including phenoxy) is 2. The van der Waals surface area contributed by atoms with Gasteiger partial charge in [-0.3, -0.25) is 4.57 Å². The molecule has 0 spiro atoms. The van der Waals surface area contributed by atoms with Crippen LogP contribution in [0.1, 0.15) is 26.7 Å². The summed E-state index contributed by atoms with van der Waals surface area (Å²) < 4.78 is 23.7. The van der Waals surface area contributed by atoms with Gasteiger partial charge in [0.15, 0.2) is 0 Å². The van der Waals surface area contributed by atoms with E-state index in [1.807, 2.05) is 13.8 Å². The zero-order valence-electron chi connectivity index (χ0n) is 13.6. The van der Waals surface area contributed by atoms with Crippen LogP contribution in [0.3, 0.4) is 0 Å². The minimum atomic E-state index is -3.60. The molecule has 2 aromatic carbocycles. The third-order valence-electron chi connectivity index (χ3n) is 3.32. The van der Waals surface area contributed by atoms with Gasteiger partial charge in [-0.05, 0) is 61.4 Å². The second-order valence-corrected chi connectivity index (χ2v) is 7.45. The minimum Gasteiger partial charge on any atom is -0.494 e. The molecule has 0 saturated heterocycles. The van der Waals surface area contributed by atoms with Crippen LogP contribution < -0.4 is 20.1 Å². The number of hydrogen-bond acceptors (Lipinski definition) is 3. The second-order valence-electron chi connectivity index (χ2n) is 5.26. The molecule has 0 atom stereocenters. The number of rotatable bonds is 8. The van der Waals surface area contributed by atoms with Crippen LogP contribution in [0.15, 0.2) is 48.5 Å². The second kappa shape index (κ2) is 8.19. The maximum atomic E-state index is 12.7. The predicted octanol–water partition coefficient (Wildman–Crippen LogP) is 3.49. The van der Waals surface area contributed by atoms with Gasteiger partial charge in [0.2, 0.25) is 0 Å². The van der Waals surface area contributed by atoms with Crippen molar-refractivity contribution in [3.05, 3.63) is 48.5 Å². The SMILES string of the molecule is CCCOc1ccc(P(=O)(O)c2ccc(OCCC)cc2)cc1. The summed E-state index contributed by atoms with van der Waals surface area (Å²) in [6, 6.07) is 13.5. The first-order valence-corrected chi connectivity index (χ1v) is 9.53. The highest BCUT2D eigenvalue weighted by atomic mass is 31.2. The topological polar surface area (TPSA) is 55.8 Å². The summed E-state index contributed by atoms with van der Waals surface area (Å²) in [4.78, 5) is 10.5. The van der Waals surface area contributed by atoms with Crippen LogP contribution in [0, 0.1) is 0 Å². The van der Waals surface area contributed by atoms with Gasteiger partial charge in [-0.25, -0.2) is 0 Å². The minimum absolute atomic E-state index is 0.392. The monoisotopic (exact) mass is 334 g/mol. The van der Waals surface area contributed by atoms with Crippen LogP contribution in [0.25, 0.3) is 0 Å². The summed E-state index contributed by atoms with van der Waals surface area (Å²) in [5.74, 6) is 1.41. The Hall–Kier alpha value is -1.77. The molecule has 0 bridgehead atoms. The summed E-state index contributed by atoms with van der Waals surface area (Å²) in [5, 5.41) is 0.784. The van der Waals surface area contributed by atoms with Gasteiger partial charge >= 0.3 is 0 Å². The van der Waals surface area contributed by atoms with E-state index in [0.717, 1.165) is 12.8 Å². The van der Waals surface area contributed by atoms with Crippen molar-refractivity contribution in [3.63, 3.8) is 0 Å². The molecule has 23 heavy (non-hydrogen) atoms. The molecule has 0 heterocycles. The standard InChI is InChI=1S/C18H23O4P/c1-3-13-21-15-5-9-17(10-6-15)23(19,20)18-11-7-16(8-12-18)22-14-4-2/h5-12H,3-4,13-14H2,1-2H3,(H,19,20). The molecule has 124 valence electrons. The Balaban J connectivity index is 2.15. The first-order chi connectivity index (χ1) is 11.1. The molecular weight excluding hydrogens is 311 g/mol. The summed E-state index contributed by atoms with van der Waals surface area (Å²) in [6.45, 7) is 5.33. The first kappa shape index (κ1) is 17.6. The van der Waals surface area contributed by atoms with Crippen LogP contribution >= 0.6 is 7.37 Å². The Morgan fingerprint density at radius 2 is 1.13 bits per heavy atom. The average molecular weight is 334 g/mol. The van der Waals surface area contributed by atoms with Gasteiger partial charge in [0.05, 0.1) is 13.2 Å². The molecule has 2 aromatic rings. The molecule has 0 aliphatic rings. The Labute approximate surface area is 137 Å². The molecule has 0 unspecified atom stereocenters. The number of benzene rings is 2. The largest absolute Gasteiger partial charge is 0.494 e. The van der Waals surface area contributed by atoms with E-state index in [4.69, 9.17) is 9.47 Å². The molecule has 1 N–H and O–H groups in total. The van der Waals surface area contributed by atoms with Crippen molar-refractivity contribution < 1.29 is 18.9 Å². The van der Waals surface area contributed by atoms with Crippen LogP contribution in [-0.4, -0.2) is 18.1 Å². The highest BCUT2D eigenvalue weighted by molar-refractivity contribution is 7.73. The van der Waals surface area contributed by atoms with Crippen molar-refractivity contribution in [1.82, 2.24) is 0 Å². The lowest BCUT2D eigenvalue weighted by Gasteiger charge is -2.14. The van der Waals surface area contributed by atoms with E-state index in [1.54, 1.807) is 48.5 Å². The van der Waals surface area contributed by atoms with Crippen LogP contribution in [0.5, 0.6) is 11.5 Å². The Kier molecular flexibility index (Phi) is 6.26. The van der Waals surface area contributed by atoms with E-state index in [1.165, 1.54) is 0 Å². The van der Waals surface area contributed by atoms with Gasteiger partial charge in [0.1, 0.15) is 11.5 Å². The van der Waals surface area contributed by atoms with E-state index in [0.29, 0.717) is 35.3 Å². The summed E-state index contributed by atoms with van der Waals surface area (Å²) in [6.07, 6.45) is 1.85. The molecule has 2 rings (SSSR count). The molecule has 0 aliphatic heterocycles. The van der Waals surface area contributed by atoms with Gasteiger partial charge in [-0.2, -0.15) is 0 Å². The lowest BCUT2D eigenvalue weighted by molar-refractivity contribution is 0.317. The fourth-order valence-corrected chi connectivity index (χ4v) is 3.48. The molecule has 0 fully saturated rings. The lowest BCUT2D eigenvalue weighted by Crippen LogP contribution is -2.15. The van der Waals surface area contributed by atoms with Crippen LogP contribution in [-0.2, 0) is 4.57 Å². The fourth-order valence-electron chi connectivity index (χ4n) is 2.08. The Morgan fingerprint density at radius 1 is 0.783 bits per heavy atom. The van der Waals surface area contributed by atoms with Crippen molar-refractivity contribution in [2.75, 3.05) is 13.2 Å². The highest BCUT2D eigenvalue weighted by Gasteiger charge is 2.24. The molecule has 0 aliphatic carbocycles. The van der Waals surface area contributed by atoms with Gasteiger partial charge in [0.25, 0.3) is 7.37 Å². The third-order valence-corrected chi connectivity index (χ3v) is 5.32. The number of hydrogen-bond donors (Lipinski definition) is 1. The van der Waals surface area contributed by atoms with Crippen molar-refractivity contribution in [2.24, 2.45) is 0 Å². The molecule has 0 aromatic heterocycles. The van der Waals surface area contributed by atoms with E-state index in [-0.39, 0.29) is 0 Å². The molecule has 4 nitrogen and oxygen atoms in total. The first-order valence-electron chi connectivity index (χ1n) is 7.87. The van der Waals surface area contributed by atoms with E-state index in [2.05, 4.69) is 0 Å². The highest BCUT2D eigenvalue weighted by Crippen LogP contribution is 2.38. The smallest absolute Gasteiger partial charge is 0.258 e. The van der Waals surface area contributed by atoms with Gasteiger partial charge in [-0.1, -0.05) is 13.8 Å². The average Bonchev–Trinajstić information content (AvgIpc) is 2.59. The van der Waals surface area contributed by atoms with Crippen molar-refractivity contribution >= 4 is 18.0 Å². The predicted molar refractivity (Wildman–Crippen MR) is 93.5 cm³/mol. The molecule has 5 heteroatoms. The van der Waals surface area contributed by atoms with E-state index >= 15 is 0 Å². The van der Waals surface area contributed by atoms with Crippen LogP contribution in [0.4, 0.5) is 0 Å². The van der Waals surface area contributed by atoms with E-state index < -0.39 is 7.37 Å². The Morgan fingerprint density at radius 3 is 1.43 bits per heavy atom. The zero-order valence-corrected chi connectivity index (χ0v) is 14.5. The van der Waals surface area contributed by atoms with Crippen molar-refractivity contribution in [3.8, 4) is 11.5 Å². The fraction of sp³-hybridized carbons (Fsp3) is 0.333. The Bertz CT molecular complexity index is 594. The summed E-state index contributed by atoms with van der Waals surface area (Å²) >= 11 is 0. The third kappa shape index (κ3) is 4.60. The van der Waals surface area contributed by atoms with Gasteiger partial charge in [-0.15, -0.1) is 0 Å². The maximum absolute atomic E-state index is 12.7. The van der Waals surface area contributed by atoms with E-state index in [9.17, 15) is 9.46 Å². The molecule has 0 radical (unpaired) electrons. The van der Waals surface area contributed by atoms with Gasteiger partial charge < -0.3 is 14.4 Å². The van der Waals surface area contributed by atoms with Gasteiger partial charge in [0, 0.05) is 10.6 Å². The zero-order chi connectivity index (χ0) is 16.7. The van der Waals surface area contributed by atoms with Crippen molar-refractivity contribution in [2.45, 2.75) is 26.7 Å². The summed E-state index contributed by atoms with van der Waals surface area (Å²) in [7, 11) is -3.60.